The molecule has 4 rings (SSSR count). The Morgan fingerprint density at radius 1 is 1.00 bits per heavy atom. The minimum Gasteiger partial charge on any atom is -0.381 e. The van der Waals surface area contributed by atoms with Crippen molar-refractivity contribution in [1.82, 2.24) is 9.80 Å². The average molecular weight is 453 g/mol. The number of carbonyl (C=O) groups excluding carboxylic acids is 2. The Morgan fingerprint density at radius 3 is 2.27 bits per heavy atom. The van der Waals surface area contributed by atoms with Crippen molar-refractivity contribution >= 4 is 35.0 Å². The van der Waals surface area contributed by atoms with Crippen LogP contribution in [0, 0.1) is 5.92 Å². The lowest BCUT2D eigenvalue weighted by molar-refractivity contribution is -0.146. The van der Waals surface area contributed by atoms with E-state index in [4.69, 9.17) is 27.9 Å². The van der Waals surface area contributed by atoms with Crippen LogP contribution in [-0.4, -0.2) is 61.0 Å². The van der Waals surface area contributed by atoms with Gasteiger partial charge in [0.25, 0.3) is 0 Å². The SMILES string of the molecule is O=C(CC1CCCC1)N1CCN(C(=O)C2(c3ccc(Cl)cc3Cl)CCOCC2)CC1. The molecule has 0 unspecified atom stereocenters. The number of benzene rings is 1. The highest BCUT2D eigenvalue weighted by molar-refractivity contribution is 6.35. The summed E-state index contributed by atoms with van der Waals surface area (Å²) < 4.78 is 5.57. The molecule has 3 aliphatic rings. The third kappa shape index (κ3) is 4.49. The molecule has 0 spiro atoms. The normalized spacial score (nSPS) is 22.3. The summed E-state index contributed by atoms with van der Waals surface area (Å²) in [5.41, 5.74) is 0.150. The first-order valence-electron chi connectivity index (χ1n) is 11.1. The van der Waals surface area contributed by atoms with Crippen LogP contribution in [0.5, 0.6) is 0 Å². The van der Waals surface area contributed by atoms with Crippen molar-refractivity contribution in [3.63, 3.8) is 0 Å². The summed E-state index contributed by atoms with van der Waals surface area (Å²) in [7, 11) is 0. The molecular weight excluding hydrogens is 423 g/mol. The maximum absolute atomic E-state index is 13.7. The van der Waals surface area contributed by atoms with Gasteiger partial charge in [0.1, 0.15) is 0 Å². The molecule has 0 atom stereocenters. The molecule has 1 aliphatic carbocycles. The van der Waals surface area contributed by atoms with Gasteiger partial charge in [-0.05, 0) is 49.3 Å². The Bertz CT molecular complexity index is 781. The molecule has 2 amide bonds. The summed E-state index contributed by atoms with van der Waals surface area (Å²) in [5, 5.41) is 1.09. The average Bonchev–Trinajstić information content (AvgIpc) is 3.27. The number of hydrogen-bond donors (Lipinski definition) is 0. The van der Waals surface area contributed by atoms with Crippen LogP contribution in [0.3, 0.4) is 0 Å². The first kappa shape index (κ1) is 21.9. The highest BCUT2D eigenvalue weighted by Crippen LogP contribution is 2.41. The van der Waals surface area contributed by atoms with Crippen LogP contribution in [0.1, 0.15) is 50.5 Å². The first-order valence-corrected chi connectivity index (χ1v) is 11.9. The molecule has 2 saturated heterocycles. The lowest BCUT2D eigenvalue weighted by atomic mass is 9.72. The number of halogens is 2. The Labute approximate surface area is 188 Å². The molecule has 1 aromatic rings. The third-order valence-corrected chi connectivity index (χ3v) is 7.61. The molecule has 1 saturated carbocycles. The maximum atomic E-state index is 13.7. The molecule has 1 aromatic carbocycles. The number of hydrogen-bond acceptors (Lipinski definition) is 3. The Hall–Kier alpha value is -1.30. The van der Waals surface area contributed by atoms with E-state index in [-0.39, 0.29) is 11.8 Å². The van der Waals surface area contributed by atoms with Gasteiger partial charge < -0.3 is 14.5 Å². The van der Waals surface area contributed by atoms with Crippen molar-refractivity contribution in [1.29, 1.82) is 0 Å². The molecule has 0 radical (unpaired) electrons. The molecule has 164 valence electrons. The Kier molecular flexibility index (Phi) is 6.91. The predicted octanol–water partition coefficient (Wildman–Crippen LogP) is 4.29. The molecule has 0 N–H and O–H groups in total. The number of nitrogens with zero attached hydrogens (tertiary/aromatic N) is 2. The fraction of sp³-hybridized carbons (Fsp3) is 0.652. The molecule has 0 bridgehead atoms. The van der Waals surface area contributed by atoms with E-state index in [2.05, 4.69) is 0 Å². The second-order valence-electron chi connectivity index (χ2n) is 8.85. The quantitative estimate of drug-likeness (QED) is 0.684. The van der Waals surface area contributed by atoms with E-state index < -0.39 is 5.41 Å². The van der Waals surface area contributed by atoms with Gasteiger partial charge in [0.05, 0.1) is 5.41 Å². The van der Waals surface area contributed by atoms with Crippen molar-refractivity contribution in [2.75, 3.05) is 39.4 Å². The summed E-state index contributed by atoms with van der Waals surface area (Å²) in [6, 6.07) is 5.39. The summed E-state index contributed by atoms with van der Waals surface area (Å²) >= 11 is 12.6. The van der Waals surface area contributed by atoms with E-state index in [1.54, 1.807) is 12.1 Å². The van der Waals surface area contributed by atoms with Crippen LogP contribution >= 0.6 is 23.2 Å². The van der Waals surface area contributed by atoms with Crippen molar-refractivity contribution in [2.24, 2.45) is 5.92 Å². The van der Waals surface area contributed by atoms with E-state index in [1.165, 1.54) is 25.7 Å². The van der Waals surface area contributed by atoms with Crippen LogP contribution in [0.25, 0.3) is 0 Å². The second-order valence-corrected chi connectivity index (χ2v) is 9.69. The predicted molar refractivity (Wildman–Crippen MR) is 118 cm³/mol. The third-order valence-electron chi connectivity index (χ3n) is 7.06. The standard InChI is InChI=1S/C23H30Cl2N2O3/c24-18-5-6-19(20(25)16-18)23(7-13-30-14-8-23)22(29)27-11-9-26(10-12-27)21(28)15-17-3-1-2-4-17/h5-6,16-17H,1-4,7-15H2. The highest BCUT2D eigenvalue weighted by atomic mass is 35.5. The van der Waals surface area contributed by atoms with Crippen LogP contribution in [0.4, 0.5) is 0 Å². The molecule has 0 aromatic heterocycles. The van der Waals surface area contributed by atoms with Gasteiger partial charge in [0.2, 0.25) is 11.8 Å². The summed E-state index contributed by atoms with van der Waals surface area (Å²) in [5.74, 6) is 0.892. The van der Waals surface area contributed by atoms with E-state index in [1.807, 2.05) is 15.9 Å². The molecule has 2 aliphatic heterocycles. The molecule has 2 heterocycles. The summed E-state index contributed by atoms with van der Waals surface area (Å²) in [6.07, 6.45) is 6.73. The number of piperazine rings is 1. The monoisotopic (exact) mass is 452 g/mol. The van der Waals surface area contributed by atoms with Crippen molar-refractivity contribution in [3.05, 3.63) is 33.8 Å². The zero-order valence-electron chi connectivity index (χ0n) is 17.4. The smallest absolute Gasteiger partial charge is 0.233 e. The zero-order chi connectivity index (χ0) is 21.1. The van der Waals surface area contributed by atoms with Gasteiger partial charge in [-0.2, -0.15) is 0 Å². The van der Waals surface area contributed by atoms with Gasteiger partial charge in [-0.25, -0.2) is 0 Å². The van der Waals surface area contributed by atoms with Gasteiger partial charge in [-0.3, -0.25) is 9.59 Å². The largest absolute Gasteiger partial charge is 0.381 e. The lowest BCUT2D eigenvalue weighted by Crippen LogP contribution is -2.57. The van der Waals surface area contributed by atoms with Crippen LogP contribution in [-0.2, 0) is 19.7 Å². The number of amides is 2. The van der Waals surface area contributed by atoms with Crippen molar-refractivity contribution in [3.8, 4) is 0 Å². The molecule has 7 heteroatoms. The molecule has 30 heavy (non-hydrogen) atoms. The maximum Gasteiger partial charge on any atom is 0.233 e. The first-order chi connectivity index (χ1) is 14.5. The van der Waals surface area contributed by atoms with Gasteiger partial charge in [0.15, 0.2) is 0 Å². The Balaban J connectivity index is 1.45. The highest BCUT2D eigenvalue weighted by Gasteiger charge is 2.46. The molecule has 5 nitrogen and oxygen atoms in total. The van der Waals surface area contributed by atoms with Gasteiger partial charge in [-0.15, -0.1) is 0 Å². The topological polar surface area (TPSA) is 49.9 Å². The number of ether oxygens (including phenoxy) is 1. The summed E-state index contributed by atoms with van der Waals surface area (Å²) in [4.78, 5) is 30.3. The minimum atomic E-state index is -0.685. The van der Waals surface area contributed by atoms with Gasteiger partial charge in [-0.1, -0.05) is 42.1 Å². The van der Waals surface area contributed by atoms with Crippen molar-refractivity contribution < 1.29 is 14.3 Å². The van der Waals surface area contributed by atoms with E-state index in [9.17, 15) is 9.59 Å². The number of rotatable bonds is 4. The lowest BCUT2D eigenvalue weighted by Gasteiger charge is -2.43. The zero-order valence-corrected chi connectivity index (χ0v) is 18.9. The second kappa shape index (κ2) is 9.46. The van der Waals surface area contributed by atoms with Crippen LogP contribution in [0.15, 0.2) is 18.2 Å². The fourth-order valence-corrected chi connectivity index (χ4v) is 5.84. The van der Waals surface area contributed by atoms with Crippen LogP contribution in [0.2, 0.25) is 10.0 Å². The number of carbonyl (C=O) groups is 2. The minimum absolute atomic E-state index is 0.0953. The van der Waals surface area contributed by atoms with Gasteiger partial charge >= 0.3 is 0 Å². The van der Waals surface area contributed by atoms with E-state index in [0.717, 1.165) is 5.56 Å². The summed E-state index contributed by atoms with van der Waals surface area (Å²) in [6.45, 7) is 3.43. The van der Waals surface area contributed by atoms with Gasteiger partial charge in [0, 0.05) is 55.9 Å². The van der Waals surface area contributed by atoms with Crippen molar-refractivity contribution in [2.45, 2.75) is 50.4 Å². The Morgan fingerprint density at radius 2 is 1.63 bits per heavy atom. The van der Waals surface area contributed by atoms with E-state index >= 15 is 0 Å². The fourth-order valence-electron chi connectivity index (χ4n) is 5.25. The molecular formula is C23H30Cl2N2O3. The van der Waals surface area contributed by atoms with E-state index in [0.29, 0.717) is 74.6 Å². The molecule has 3 fully saturated rings. The van der Waals surface area contributed by atoms with Crippen LogP contribution < -0.4 is 0 Å².